The van der Waals surface area contributed by atoms with Crippen LogP contribution in [0.4, 0.5) is 0 Å². The van der Waals surface area contributed by atoms with E-state index in [2.05, 4.69) is 17.6 Å². The predicted octanol–water partition coefficient (Wildman–Crippen LogP) is 2.54. The lowest BCUT2D eigenvalue weighted by molar-refractivity contribution is 0.0919. The summed E-state index contributed by atoms with van der Waals surface area (Å²) in [7, 11) is -3.50. The Labute approximate surface area is 168 Å². The van der Waals surface area contributed by atoms with Crippen LogP contribution in [0.5, 0.6) is 0 Å². The number of hydrogen-bond acceptors (Lipinski definition) is 4. The molecule has 2 saturated heterocycles. The van der Waals surface area contributed by atoms with Gasteiger partial charge in [0.1, 0.15) is 0 Å². The number of piperidine rings is 2. The molecule has 1 aromatic carbocycles. The summed E-state index contributed by atoms with van der Waals surface area (Å²) in [6.07, 6.45) is 4.87. The van der Waals surface area contributed by atoms with E-state index in [0.717, 1.165) is 38.6 Å². The first-order valence-electron chi connectivity index (χ1n) is 9.56. The molecule has 0 bridgehead atoms. The monoisotopic (exact) mass is 415 g/mol. The minimum Gasteiger partial charge on any atom is -0.348 e. The third kappa shape index (κ3) is 5.02. The van der Waals surface area contributed by atoms with E-state index in [1.165, 1.54) is 0 Å². The van der Waals surface area contributed by atoms with Gasteiger partial charge in [0, 0.05) is 30.2 Å². The molecule has 0 radical (unpaired) electrons. The summed E-state index contributed by atoms with van der Waals surface area (Å²) in [6, 6.07) is 6.69. The first-order valence-corrected chi connectivity index (χ1v) is 11.0. The lowest BCUT2D eigenvalue weighted by Gasteiger charge is -2.32. The SMILES string of the molecule is CC1NCCCC1NC(=O)c1ccc(S(=O)(=O)N2CCCCC2C)cc1.Cl. The number of rotatable bonds is 4. The van der Waals surface area contributed by atoms with Crippen LogP contribution in [-0.4, -0.2) is 49.8 Å². The van der Waals surface area contributed by atoms with Crippen molar-refractivity contribution in [2.24, 2.45) is 0 Å². The summed E-state index contributed by atoms with van der Waals surface area (Å²) in [6.45, 7) is 5.57. The van der Waals surface area contributed by atoms with Crippen LogP contribution >= 0.6 is 12.4 Å². The average Bonchev–Trinajstić information content (AvgIpc) is 2.64. The van der Waals surface area contributed by atoms with Crippen LogP contribution in [0.3, 0.4) is 0 Å². The smallest absolute Gasteiger partial charge is 0.251 e. The van der Waals surface area contributed by atoms with Crippen molar-refractivity contribution in [1.29, 1.82) is 0 Å². The molecular weight excluding hydrogens is 386 g/mol. The van der Waals surface area contributed by atoms with Gasteiger partial charge in [-0.25, -0.2) is 8.42 Å². The zero-order valence-corrected chi connectivity index (χ0v) is 17.6. The Bertz CT molecular complexity index is 739. The van der Waals surface area contributed by atoms with Crippen molar-refractivity contribution in [3.63, 3.8) is 0 Å². The van der Waals surface area contributed by atoms with Gasteiger partial charge in [-0.15, -0.1) is 12.4 Å². The highest BCUT2D eigenvalue weighted by Crippen LogP contribution is 2.25. The van der Waals surface area contributed by atoms with Gasteiger partial charge < -0.3 is 10.6 Å². The maximum absolute atomic E-state index is 12.9. The van der Waals surface area contributed by atoms with Gasteiger partial charge in [0.25, 0.3) is 5.91 Å². The quantitative estimate of drug-likeness (QED) is 0.792. The van der Waals surface area contributed by atoms with Crippen molar-refractivity contribution in [2.75, 3.05) is 13.1 Å². The van der Waals surface area contributed by atoms with Gasteiger partial charge in [-0.05, 0) is 70.3 Å². The number of carbonyl (C=O) groups is 1. The van der Waals surface area contributed by atoms with Gasteiger partial charge in [0.05, 0.1) is 4.90 Å². The van der Waals surface area contributed by atoms with Crippen molar-refractivity contribution in [1.82, 2.24) is 14.9 Å². The second kappa shape index (κ2) is 9.37. The highest BCUT2D eigenvalue weighted by molar-refractivity contribution is 7.89. The molecule has 0 spiro atoms. The maximum atomic E-state index is 12.9. The number of sulfonamides is 1. The van der Waals surface area contributed by atoms with E-state index in [4.69, 9.17) is 0 Å². The highest BCUT2D eigenvalue weighted by Gasteiger charge is 2.31. The van der Waals surface area contributed by atoms with Gasteiger partial charge in [0.2, 0.25) is 10.0 Å². The second-order valence-electron chi connectivity index (χ2n) is 7.45. The molecule has 152 valence electrons. The van der Waals surface area contributed by atoms with E-state index in [-0.39, 0.29) is 41.3 Å². The molecule has 2 heterocycles. The van der Waals surface area contributed by atoms with E-state index >= 15 is 0 Å². The molecule has 3 atom stereocenters. The Kier molecular flexibility index (Phi) is 7.68. The first kappa shape index (κ1) is 22.1. The summed E-state index contributed by atoms with van der Waals surface area (Å²) >= 11 is 0. The lowest BCUT2D eigenvalue weighted by atomic mass is 9.99. The van der Waals surface area contributed by atoms with Crippen molar-refractivity contribution in [3.05, 3.63) is 29.8 Å². The molecule has 2 aliphatic rings. The number of hydrogen-bond donors (Lipinski definition) is 2. The third-order valence-corrected chi connectivity index (χ3v) is 7.57. The molecule has 3 unspecified atom stereocenters. The number of carbonyl (C=O) groups excluding carboxylic acids is 1. The molecule has 2 aliphatic heterocycles. The summed E-state index contributed by atoms with van der Waals surface area (Å²) in [4.78, 5) is 12.7. The standard InChI is InChI=1S/C19H29N3O3S.ClH/c1-14-6-3-4-13-22(14)26(24,25)17-10-8-16(9-11-17)19(23)21-18-7-5-12-20-15(18)2;/h8-11,14-15,18,20H,3-7,12-13H2,1-2H3,(H,21,23);1H. The number of halogens is 1. The van der Waals surface area contributed by atoms with Crippen molar-refractivity contribution in [3.8, 4) is 0 Å². The van der Waals surface area contributed by atoms with Crippen molar-refractivity contribution < 1.29 is 13.2 Å². The van der Waals surface area contributed by atoms with Crippen LogP contribution in [0, 0.1) is 0 Å². The molecule has 8 heteroatoms. The maximum Gasteiger partial charge on any atom is 0.251 e. The molecular formula is C19H30ClN3O3S. The van der Waals surface area contributed by atoms with Crippen LogP contribution < -0.4 is 10.6 Å². The Balaban J connectivity index is 0.00000261. The van der Waals surface area contributed by atoms with Gasteiger partial charge in [-0.3, -0.25) is 4.79 Å². The minimum atomic E-state index is -3.50. The second-order valence-corrected chi connectivity index (χ2v) is 9.34. The average molecular weight is 416 g/mol. The van der Waals surface area contributed by atoms with Gasteiger partial charge >= 0.3 is 0 Å². The number of nitrogens with zero attached hydrogens (tertiary/aromatic N) is 1. The van der Waals surface area contributed by atoms with E-state index in [1.807, 2.05) is 6.92 Å². The molecule has 3 rings (SSSR count). The van der Waals surface area contributed by atoms with Gasteiger partial charge in [-0.1, -0.05) is 6.42 Å². The molecule has 0 saturated carbocycles. The number of benzene rings is 1. The van der Waals surface area contributed by atoms with E-state index < -0.39 is 10.0 Å². The summed E-state index contributed by atoms with van der Waals surface area (Å²) in [5.41, 5.74) is 0.494. The molecule has 0 aliphatic carbocycles. The third-order valence-electron chi connectivity index (χ3n) is 5.54. The fourth-order valence-electron chi connectivity index (χ4n) is 3.84. The largest absolute Gasteiger partial charge is 0.348 e. The van der Waals surface area contributed by atoms with E-state index in [0.29, 0.717) is 12.1 Å². The normalized spacial score (nSPS) is 26.8. The van der Waals surface area contributed by atoms with E-state index in [9.17, 15) is 13.2 Å². The molecule has 27 heavy (non-hydrogen) atoms. The highest BCUT2D eigenvalue weighted by atomic mass is 35.5. The van der Waals surface area contributed by atoms with E-state index in [1.54, 1.807) is 28.6 Å². The van der Waals surface area contributed by atoms with Crippen LogP contribution in [-0.2, 0) is 10.0 Å². The molecule has 2 fully saturated rings. The summed E-state index contributed by atoms with van der Waals surface area (Å²) in [5, 5.41) is 6.41. The minimum absolute atomic E-state index is 0. The topological polar surface area (TPSA) is 78.5 Å². The van der Waals surface area contributed by atoms with Crippen molar-refractivity contribution in [2.45, 2.75) is 69.0 Å². The fourth-order valence-corrected chi connectivity index (χ4v) is 5.53. The Hall–Kier alpha value is -1.15. The fraction of sp³-hybridized carbons (Fsp3) is 0.632. The van der Waals surface area contributed by atoms with Crippen LogP contribution in [0.1, 0.15) is 56.3 Å². The summed E-state index contributed by atoms with van der Waals surface area (Å²) in [5.74, 6) is -0.152. The molecule has 2 N–H and O–H groups in total. The Morgan fingerprint density at radius 1 is 1.11 bits per heavy atom. The zero-order valence-electron chi connectivity index (χ0n) is 16.0. The number of nitrogens with one attached hydrogen (secondary N) is 2. The Morgan fingerprint density at radius 2 is 1.81 bits per heavy atom. The number of amides is 1. The lowest BCUT2D eigenvalue weighted by Crippen LogP contribution is -2.51. The van der Waals surface area contributed by atoms with Crippen molar-refractivity contribution >= 4 is 28.3 Å². The van der Waals surface area contributed by atoms with Gasteiger partial charge in [-0.2, -0.15) is 4.31 Å². The first-order chi connectivity index (χ1) is 12.4. The molecule has 1 aromatic rings. The molecule has 6 nitrogen and oxygen atoms in total. The molecule has 0 aromatic heterocycles. The zero-order chi connectivity index (χ0) is 18.7. The molecule has 1 amide bonds. The van der Waals surface area contributed by atoms with Crippen LogP contribution in [0.15, 0.2) is 29.2 Å². The van der Waals surface area contributed by atoms with Crippen LogP contribution in [0.25, 0.3) is 0 Å². The predicted molar refractivity (Wildman–Crippen MR) is 109 cm³/mol. The Morgan fingerprint density at radius 3 is 2.44 bits per heavy atom. The van der Waals surface area contributed by atoms with Crippen LogP contribution in [0.2, 0.25) is 0 Å². The van der Waals surface area contributed by atoms with Gasteiger partial charge in [0.15, 0.2) is 0 Å². The summed E-state index contributed by atoms with van der Waals surface area (Å²) < 4.78 is 27.3.